The van der Waals surface area contributed by atoms with Crippen LogP contribution >= 0.6 is 15.9 Å². The van der Waals surface area contributed by atoms with E-state index in [0.717, 1.165) is 12.1 Å². The molecule has 1 aromatic heterocycles. The summed E-state index contributed by atoms with van der Waals surface area (Å²) < 4.78 is 28.6. The molecule has 16 heavy (non-hydrogen) atoms. The molecule has 0 unspecified atom stereocenters. The second-order valence-corrected chi connectivity index (χ2v) is 3.96. The summed E-state index contributed by atoms with van der Waals surface area (Å²) >= 11 is 3.12. The van der Waals surface area contributed by atoms with E-state index in [4.69, 9.17) is 5.73 Å². The van der Waals surface area contributed by atoms with Crippen LogP contribution in [0.3, 0.4) is 0 Å². The standard InChI is InChI=1S/C9H7BrF2N4/c1-16-8(9(10)14-15-16)4-2-6(12)7(13)3-5(4)11/h2-3H,13H2,1H3. The maximum Gasteiger partial charge on any atom is 0.156 e. The fourth-order valence-corrected chi connectivity index (χ4v) is 1.90. The summed E-state index contributed by atoms with van der Waals surface area (Å²) in [5.74, 6) is -1.30. The van der Waals surface area contributed by atoms with E-state index in [2.05, 4.69) is 26.2 Å². The molecular formula is C9H7BrF2N4. The number of hydrogen-bond donors (Lipinski definition) is 1. The van der Waals surface area contributed by atoms with Gasteiger partial charge in [0.25, 0.3) is 0 Å². The number of rotatable bonds is 1. The maximum absolute atomic E-state index is 13.6. The van der Waals surface area contributed by atoms with E-state index < -0.39 is 11.6 Å². The lowest BCUT2D eigenvalue weighted by molar-refractivity contribution is 0.604. The van der Waals surface area contributed by atoms with Crippen molar-refractivity contribution in [3.05, 3.63) is 28.4 Å². The topological polar surface area (TPSA) is 56.7 Å². The van der Waals surface area contributed by atoms with Crippen LogP contribution in [0.2, 0.25) is 0 Å². The lowest BCUT2D eigenvalue weighted by atomic mass is 10.1. The maximum atomic E-state index is 13.6. The Morgan fingerprint density at radius 1 is 1.31 bits per heavy atom. The summed E-state index contributed by atoms with van der Waals surface area (Å²) in [6.07, 6.45) is 0. The second-order valence-electron chi connectivity index (χ2n) is 3.21. The van der Waals surface area contributed by atoms with Gasteiger partial charge in [0.2, 0.25) is 0 Å². The average Bonchev–Trinajstić information content (AvgIpc) is 2.53. The van der Waals surface area contributed by atoms with Gasteiger partial charge >= 0.3 is 0 Å². The number of hydrogen-bond acceptors (Lipinski definition) is 3. The first-order chi connectivity index (χ1) is 7.50. The number of benzene rings is 1. The first-order valence-electron chi connectivity index (χ1n) is 4.30. The molecule has 0 spiro atoms. The highest BCUT2D eigenvalue weighted by molar-refractivity contribution is 9.10. The number of nitrogens with zero attached hydrogens (tertiary/aromatic N) is 3. The van der Waals surface area contributed by atoms with Gasteiger partial charge in [0.1, 0.15) is 17.3 Å². The number of anilines is 1. The van der Waals surface area contributed by atoms with Crippen molar-refractivity contribution >= 4 is 21.6 Å². The Hall–Kier alpha value is -1.50. The largest absolute Gasteiger partial charge is 0.396 e. The molecule has 0 aliphatic rings. The molecule has 0 aliphatic heterocycles. The molecular weight excluding hydrogens is 282 g/mol. The second kappa shape index (κ2) is 3.82. The molecule has 7 heteroatoms. The summed E-state index contributed by atoms with van der Waals surface area (Å²) in [5.41, 5.74) is 5.44. The van der Waals surface area contributed by atoms with Crippen LogP contribution in [0, 0.1) is 11.6 Å². The van der Waals surface area contributed by atoms with Crippen LogP contribution in [0.1, 0.15) is 0 Å². The average molecular weight is 289 g/mol. The van der Waals surface area contributed by atoms with Crippen molar-refractivity contribution in [1.29, 1.82) is 0 Å². The summed E-state index contributed by atoms with van der Waals surface area (Å²) in [7, 11) is 1.58. The van der Waals surface area contributed by atoms with Crippen LogP contribution in [0.15, 0.2) is 16.7 Å². The normalized spacial score (nSPS) is 10.8. The van der Waals surface area contributed by atoms with Crippen molar-refractivity contribution < 1.29 is 8.78 Å². The Balaban J connectivity index is 2.69. The molecule has 2 aromatic rings. The lowest BCUT2D eigenvalue weighted by Gasteiger charge is -2.05. The third-order valence-electron chi connectivity index (χ3n) is 2.13. The molecule has 84 valence electrons. The number of aromatic nitrogens is 3. The number of nitrogen functional groups attached to an aromatic ring is 1. The Morgan fingerprint density at radius 2 is 2.00 bits per heavy atom. The molecule has 0 radical (unpaired) electrons. The Labute approximate surface area is 98.2 Å². The van der Waals surface area contributed by atoms with Gasteiger partial charge in [-0.1, -0.05) is 5.21 Å². The first-order valence-corrected chi connectivity index (χ1v) is 5.10. The van der Waals surface area contributed by atoms with E-state index in [9.17, 15) is 8.78 Å². The summed E-state index contributed by atoms with van der Waals surface area (Å²) in [5, 5.41) is 7.38. The molecule has 0 bridgehead atoms. The smallest absolute Gasteiger partial charge is 0.156 e. The monoisotopic (exact) mass is 288 g/mol. The Bertz CT molecular complexity index is 533. The summed E-state index contributed by atoms with van der Waals surface area (Å²) in [6, 6.07) is 1.96. The van der Waals surface area contributed by atoms with Crippen LogP contribution in [-0.2, 0) is 7.05 Å². The molecule has 4 nitrogen and oxygen atoms in total. The Kier molecular flexibility index (Phi) is 2.63. The molecule has 0 saturated heterocycles. The van der Waals surface area contributed by atoms with Gasteiger partial charge in [-0.15, -0.1) is 5.10 Å². The zero-order valence-electron chi connectivity index (χ0n) is 8.21. The van der Waals surface area contributed by atoms with Gasteiger partial charge in [0.15, 0.2) is 4.60 Å². The van der Waals surface area contributed by atoms with Gasteiger partial charge in [-0.25, -0.2) is 13.5 Å². The van der Waals surface area contributed by atoms with E-state index in [1.54, 1.807) is 7.05 Å². The number of aryl methyl sites for hydroxylation is 1. The predicted molar refractivity (Wildman–Crippen MR) is 58.5 cm³/mol. The zero-order valence-corrected chi connectivity index (χ0v) is 9.79. The van der Waals surface area contributed by atoms with E-state index in [-0.39, 0.29) is 11.3 Å². The molecule has 0 atom stereocenters. The van der Waals surface area contributed by atoms with Gasteiger partial charge in [-0.3, -0.25) is 0 Å². The minimum absolute atomic E-state index is 0.0612. The fourth-order valence-electron chi connectivity index (χ4n) is 1.36. The van der Waals surface area contributed by atoms with Gasteiger partial charge < -0.3 is 5.73 Å². The van der Waals surface area contributed by atoms with Crippen molar-refractivity contribution in [3.63, 3.8) is 0 Å². The van der Waals surface area contributed by atoms with Gasteiger partial charge in [0.05, 0.1) is 5.69 Å². The van der Waals surface area contributed by atoms with Gasteiger partial charge in [-0.2, -0.15) is 0 Å². The van der Waals surface area contributed by atoms with Crippen molar-refractivity contribution in [1.82, 2.24) is 15.0 Å². The van der Waals surface area contributed by atoms with Gasteiger partial charge in [-0.05, 0) is 22.0 Å². The highest BCUT2D eigenvalue weighted by atomic mass is 79.9. The van der Waals surface area contributed by atoms with E-state index in [1.165, 1.54) is 4.68 Å². The molecule has 1 heterocycles. The highest BCUT2D eigenvalue weighted by Crippen LogP contribution is 2.30. The number of halogens is 3. The fraction of sp³-hybridized carbons (Fsp3) is 0.111. The van der Waals surface area contributed by atoms with Crippen LogP contribution < -0.4 is 5.73 Å². The SMILES string of the molecule is Cn1nnc(Br)c1-c1cc(F)c(N)cc1F. The molecule has 2 N–H and O–H groups in total. The quantitative estimate of drug-likeness (QED) is 0.818. The van der Waals surface area contributed by atoms with Crippen LogP contribution in [0.4, 0.5) is 14.5 Å². The molecule has 0 saturated carbocycles. The zero-order chi connectivity index (χ0) is 11.9. The van der Waals surface area contributed by atoms with Crippen molar-refractivity contribution in [2.75, 3.05) is 5.73 Å². The van der Waals surface area contributed by atoms with E-state index in [1.807, 2.05) is 0 Å². The summed E-state index contributed by atoms with van der Waals surface area (Å²) in [4.78, 5) is 0. The van der Waals surface area contributed by atoms with Crippen LogP contribution in [0.25, 0.3) is 11.3 Å². The van der Waals surface area contributed by atoms with Crippen molar-refractivity contribution in [2.45, 2.75) is 0 Å². The molecule has 1 aromatic carbocycles. The minimum atomic E-state index is -0.676. The summed E-state index contributed by atoms with van der Waals surface area (Å²) in [6.45, 7) is 0. The van der Waals surface area contributed by atoms with Gasteiger partial charge in [0, 0.05) is 18.7 Å². The third-order valence-corrected chi connectivity index (χ3v) is 2.66. The Morgan fingerprint density at radius 3 is 2.56 bits per heavy atom. The number of nitrogens with two attached hydrogens (primary N) is 1. The predicted octanol–water partition coefficient (Wildman–Crippen LogP) is 2.10. The molecule has 0 fully saturated rings. The van der Waals surface area contributed by atoms with Crippen molar-refractivity contribution in [3.8, 4) is 11.3 Å². The van der Waals surface area contributed by atoms with E-state index in [0.29, 0.717) is 10.3 Å². The molecule has 2 rings (SSSR count). The van der Waals surface area contributed by atoms with E-state index >= 15 is 0 Å². The molecule has 0 amide bonds. The third kappa shape index (κ3) is 1.67. The van der Waals surface area contributed by atoms with Crippen molar-refractivity contribution in [2.24, 2.45) is 7.05 Å². The molecule has 0 aliphatic carbocycles. The van der Waals surface area contributed by atoms with Crippen LogP contribution in [0.5, 0.6) is 0 Å². The first kappa shape index (κ1) is 11.0. The lowest BCUT2D eigenvalue weighted by Crippen LogP contribution is -1.99. The highest BCUT2D eigenvalue weighted by Gasteiger charge is 2.17. The minimum Gasteiger partial charge on any atom is -0.396 e. The van der Waals surface area contributed by atoms with Crippen LogP contribution in [-0.4, -0.2) is 15.0 Å².